The summed E-state index contributed by atoms with van der Waals surface area (Å²) in [6.07, 6.45) is 0. The summed E-state index contributed by atoms with van der Waals surface area (Å²) in [7, 11) is -2.71. The number of sulfonamides is 1. The van der Waals surface area contributed by atoms with Crippen LogP contribution in [0.3, 0.4) is 0 Å². The predicted octanol–water partition coefficient (Wildman–Crippen LogP) is 2.41. The molecule has 0 amide bonds. The van der Waals surface area contributed by atoms with Gasteiger partial charge in [0, 0.05) is 7.05 Å². The van der Waals surface area contributed by atoms with Crippen LogP contribution in [0, 0.1) is 5.82 Å². The monoisotopic (exact) mass is 315 g/mol. The first-order valence-electron chi connectivity index (χ1n) is 5.39. The molecule has 106 valence electrons. The first-order chi connectivity index (χ1) is 9.34. The quantitative estimate of drug-likeness (QED) is 0.940. The summed E-state index contributed by atoms with van der Waals surface area (Å²) in [5.41, 5.74) is 0.244. The lowest BCUT2D eigenvalue weighted by molar-refractivity contribution is 0.0698. The molecular formula is C12H10FNO4S2. The number of benzene rings is 1. The summed E-state index contributed by atoms with van der Waals surface area (Å²) in [5, 5.41) is 10.4. The summed E-state index contributed by atoms with van der Waals surface area (Å²) in [5.74, 6) is -1.78. The molecule has 1 aromatic heterocycles. The van der Waals surface area contributed by atoms with Gasteiger partial charge in [0.15, 0.2) is 0 Å². The molecule has 0 saturated carbocycles. The Morgan fingerprint density at radius 1 is 1.25 bits per heavy atom. The topological polar surface area (TPSA) is 74.7 Å². The summed E-state index contributed by atoms with van der Waals surface area (Å²) in [6, 6.07) is 6.11. The van der Waals surface area contributed by atoms with Crippen LogP contribution in [-0.2, 0) is 10.0 Å². The first-order valence-corrected chi connectivity index (χ1v) is 7.71. The number of halogens is 1. The molecule has 1 heterocycles. The van der Waals surface area contributed by atoms with E-state index >= 15 is 0 Å². The molecule has 0 fully saturated rings. The Bertz CT molecular complexity index is 737. The number of carbonyl (C=O) groups is 1. The third-order valence-corrected chi connectivity index (χ3v) is 5.51. The van der Waals surface area contributed by atoms with E-state index in [4.69, 9.17) is 5.11 Å². The number of carboxylic acid groups (broad SMARTS) is 1. The maximum absolute atomic E-state index is 12.8. The van der Waals surface area contributed by atoms with E-state index in [1.54, 1.807) is 0 Å². The van der Waals surface area contributed by atoms with Gasteiger partial charge in [-0.2, -0.15) is 0 Å². The second kappa shape index (κ2) is 5.22. The molecule has 0 bridgehead atoms. The molecule has 0 spiro atoms. The number of thiophene rings is 1. The van der Waals surface area contributed by atoms with E-state index in [1.165, 1.54) is 30.6 Å². The van der Waals surface area contributed by atoms with Crippen molar-refractivity contribution in [3.05, 3.63) is 46.4 Å². The fourth-order valence-electron chi connectivity index (χ4n) is 1.59. The van der Waals surface area contributed by atoms with Crippen LogP contribution >= 0.6 is 11.3 Å². The van der Waals surface area contributed by atoms with Gasteiger partial charge < -0.3 is 5.11 Å². The summed E-state index contributed by atoms with van der Waals surface area (Å²) in [4.78, 5) is 10.5. The van der Waals surface area contributed by atoms with Crippen molar-refractivity contribution < 1.29 is 22.7 Å². The van der Waals surface area contributed by atoms with Crippen LogP contribution in [-0.4, -0.2) is 26.5 Å². The largest absolute Gasteiger partial charge is 0.477 e. The van der Waals surface area contributed by atoms with Crippen LogP contribution in [0.5, 0.6) is 0 Å². The Kier molecular flexibility index (Phi) is 3.78. The molecule has 1 aromatic carbocycles. The zero-order valence-corrected chi connectivity index (χ0v) is 11.9. The van der Waals surface area contributed by atoms with Gasteiger partial charge >= 0.3 is 5.97 Å². The standard InChI is InChI=1S/C12H10FNO4S2/c1-14(9-4-2-8(13)3-5-9)20(17,18)10-6-7-19-11(10)12(15)16/h2-7H,1H3,(H,15,16). The van der Waals surface area contributed by atoms with Gasteiger partial charge in [-0.1, -0.05) is 0 Å². The Morgan fingerprint density at radius 2 is 1.85 bits per heavy atom. The fourth-order valence-corrected chi connectivity index (χ4v) is 4.02. The van der Waals surface area contributed by atoms with Gasteiger partial charge in [0.05, 0.1) is 5.69 Å². The summed E-state index contributed by atoms with van der Waals surface area (Å²) >= 11 is 0.834. The Morgan fingerprint density at radius 3 is 2.40 bits per heavy atom. The van der Waals surface area contributed by atoms with E-state index in [2.05, 4.69) is 0 Å². The van der Waals surface area contributed by atoms with Gasteiger partial charge in [-0.05, 0) is 35.7 Å². The molecule has 2 rings (SSSR count). The average molecular weight is 315 g/mol. The molecule has 0 unspecified atom stereocenters. The predicted molar refractivity (Wildman–Crippen MR) is 73.3 cm³/mol. The number of aromatic carboxylic acids is 1. The molecule has 2 aromatic rings. The Balaban J connectivity index is 2.47. The van der Waals surface area contributed by atoms with Crippen molar-refractivity contribution in [3.63, 3.8) is 0 Å². The first kappa shape index (κ1) is 14.5. The molecule has 0 aliphatic heterocycles. The van der Waals surface area contributed by atoms with E-state index in [9.17, 15) is 17.6 Å². The van der Waals surface area contributed by atoms with E-state index in [-0.39, 0.29) is 15.5 Å². The molecule has 8 heteroatoms. The molecule has 0 radical (unpaired) electrons. The van der Waals surface area contributed by atoms with E-state index in [1.807, 2.05) is 0 Å². The number of hydrogen-bond donors (Lipinski definition) is 1. The molecule has 0 aliphatic carbocycles. The molecule has 20 heavy (non-hydrogen) atoms. The fraction of sp³-hybridized carbons (Fsp3) is 0.0833. The van der Waals surface area contributed by atoms with Crippen LogP contribution in [0.4, 0.5) is 10.1 Å². The summed E-state index contributed by atoms with van der Waals surface area (Å²) < 4.78 is 38.5. The zero-order valence-electron chi connectivity index (χ0n) is 10.3. The van der Waals surface area contributed by atoms with Crippen molar-refractivity contribution >= 4 is 33.0 Å². The third kappa shape index (κ3) is 2.52. The third-order valence-electron chi connectivity index (χ3n) is 2.65. The number of hydrogen-bond acceptors (Lipinski definition) is 4. The van der Waals surface area contributed by atoms with Crippen LogP contribution in [0.25, 0.3) is 0 Å². The highest BCUT2D eigenvalue weighted by atomic mass is 32.2. The van der Waals surface area contributed by atoms with Gasteiger partial charge in [-0.15, -0.1) is 11.3 Å². The van der Waals surface area contributed by atoms with Crippen LogP contribution in [0.15, 0.2) is 40.6 Å². The van der Waals surface area contributed by atoms with Gasteiger partial charge in [0.25, 0.3) is 10.0 Å². The van der Waals surface area contributed by atoms with Gasteiger partial charge in [0.2, 0.25) is 0 Å². The number of nitrogens with zero attached hydrogens (tertiary/aromatic N) is 1. The Labute approximate surface area is 119 Å². The highest BCUT2D eigenvalue weighted by Gasteiger charge is 2.28. The normalized spacial score (nSPS) is 11.3. The Hall–Kier alpha value is -1.93. The van der Waals surface area contributed by atoms with Crippen molar-refractivity contribution in [1.82, 2.24) is 0 Å². The van der Waals surface area contributed by atoms with Crippen LogP contribution in [0.1, 0.15) is 9.67 Å². The minimum atomic E-state index is -4.00. The van der Waals surface area contributed by atoms with Crippen molar-refractivity contribution in [2.75, 3.05) is 11.4 Å². The maximum Gasteiger partial charge on any atom is 0.347 e. The number of carboxylic acids is 1. The van der Waals surface area contributed by atoms with Crippen LogP contribution in [0.2, 0.25) is 0 Å². The minimum absolute atomic E-state index is 0.244. The van der Waals surface area contributed by atoms with Crippen molar-refractivity contribution in [2.24, 2.45) is 0 Å². The average Bonchev–Trinajstić information content (AvgIpc) is 2.89. The van der Waals surface area contributed by atoms with Gasteiger partial charge in [0.1, 0.15) is 15.6 Å². The zero-order chi connectivity index (χ0) is 14.9. The molecule has 0 aliphatic rings. The molecule has 1 N–H and O–H groups in total. The number of anilines is 1. The molecule has 0 saturated heterocycles. The minimum Gasteiger partial charge on any atom is -0.477 e. The lowest BCUT2D eigenvalue weighted by atomic mass is 10.3. The second-order valence-electron chi connectivity index (χ2n) is 3.87. The van der Waals surface area contributed by atoms with Gasteiger partial charge in [-0.3, -0.25) is 4.31 Å². The highest BCUT2D eigenvalue weighted by Crippen LogP contribution is 2.27. The molecule has 5 nitrogen and oxygen atoms in total. The van der Waals surface area contributed by atoms with E-state index in [0.29, 0.717) is 0 Å². The smallest absolute Gasteiger partial charge is 0.347 e. The lowest BCUT2D eigenvalue weighted by Crippen LogP contribution is -2.27. The van der Waals surface area contributed by atoms with Crippen molar-refractivity contribution in [1.29, 1.82) is 0 Å². The number of rotatable bonds is 4. The lowest BCUT2D eigenvalue weighted by Gasteiger charge is -2.19. The van der Waals surface area contributed by atoms with Crippen LogP contribution < -0.4 is 4.31 Å². The maximum atomic E-state index is 12.8. The van der Waals surface area contributed by atoms with Crippen molar-refractivity contribution in [2.45, 2.75) is 4.90 Å². The SMILES string of the molecule is CN(c1ccc(F)cc1)S(=O)(=O)c1ccsc1C(=O)O. The highest BCUT2D eigenvalue weighted by molar-refractivity contribution is 7.93. The second-order valence-corrected chi connectivity index (χ2v) is 6.72. The molecular weight excluding hydrogens is 305 g/mol. The van der Waals surface area contributed by atoms with Crippen molar-refractivity contribution in [3.8, 4) is 0 Å². The summed E-state index contributed by atoms with van der Waals surface area (Å²) in [6.45, 7) is 0. The van der Waals surface area contributed by atoms with E-state index < -0.39 is 21.8 Å². The molecule has 0 atom stereocenters. The van der Waals surface area contributed by atoms with Gasteiger partial charge in [-0.25, -0.2) is 17.6 Å². The van der Waals surface area contributed by atoms with E-state index in [0.717, 1.165) is 27.8 Å².